The summed E-state index contributed by atoms with van der Waals surface area (Å²) in [6.45, 7) is 1.79. The Morgan fingerprint density at radius 1 is 1.17 bits per heavy atom. The van der Waals surface area contributed by atoms with Crippen LogP contribution >= 0.6 is 11.3 Å². The van der Waals surface area contributed by atoms with E-state index in [0.29, 0.717) is 16.5 Å². The summed E-state index contributed by atoms with van der Waals surface area (Å²) in [7, 11) is 0. The lowest BCUT2D eigenvalue weighted by atomic mass is 10.00. The first-order chi connectivity index (χ1) is 14.6. The average molecular weight is 425 g/mol. The molecule has 5 rings (SSSR count). The molecule has 1 fully saturated rings. The van der Waals surface area contributed by atoms with Crippen molar-refractivity contribution in [1.82, 2.24) is 19.5 Å². The molecule has 10 heteroatoms. The number of aromatic nitrogens is 3. The van der Waals surface area contributed by atoms with Gasteiger partial charge in [-0.15, -0.1) is 5.10 Å². The molecule has 1 aliphatic heterocycles. The molecule has 1 atom stereocenters. The van der Waals surface area contributed by atoms with Crippen molar-refractivity contribution in [2.45, 2.75) is 25.3 Å². The Labute approximate surface area is 175 Å². The first-order valence-corrected chi connectivity index (χ1v) is 10.5. The molecule has 1 saturated heterocycles. The molecule has 4 aromatic rings. The molecule has 3 aromatic heterocycles. The van der Waals surface area contributed by atoms with Crippen molar-refractivity contribution < 1.29 is 14.4 Å². The lowest BCUT2D eigenvalue weighted by Crippen LogP contribution is -2.34. The summed E-state index contributed by atoms with van der Waals surface area (Å²) in [6, 6.07) is 9.86. The second-order valence-corrected chi connectivity index (χ2v) is 8.25. The Morgan fingerprint density at radius 3 is 2.57 bits per heavy atom. The summed E-state index contributed by atoms with van der Waals surface area (Å²) >= 11 is 1.37. The van der Waals surface area contributed by atoms with E-state index >= 15 is 0 Å². The lowest BCUT2D eigenvalue weighted by molar-refractivity contribution is -0.384. The molecule has 0 radical (unpaired) electrons. The molecule has 0 saturated carbocycles. The number of hydrogen-bond acceptors (Lipinski definition) is 8. The van der Waals surface area contributed by atoms with Gasteiger partial charge in [0, 0.05) is 12.1 Å². The molecular formula is C20H19N5O4S. The summed E-state index contributed by atoms with van der Waals surface area (Å²) in [4.78, 5) is 18.8. The minimum atomic E-state index is -0.406. The van der Waals surface area contributed by atoms with Gasteiger partial charge >= 0.3 is 0 Å². The van der Waals surface area contributed by atoms with Crippen LogP contribution in [0.25, 0.3) is 16.5 Å². The Hall–Kier alpha value is -3.24. The number of rotatable bonds is 5. The van der Waals surface area contributed by atoms with Gasteiger partial charge in [0.05, 0.1) is 22.1 Å². The van der Waals surface area contributed by atoms with E-state index in [9.17, 15) is 15.2 Å². The van der Waals surface area contributed by atoms with Gasteiger partial charge in [-0.1, -0.05) is 29.9 Å². The smallest absolute Gasteiger partial charge is 0.269 e. The number of nitro groups is 1. The fourth-order valence-corrected chi connectivity index (χ4v) is 5.04. The standard InChI is InChI=1S/C20H19N5O4S/c26-19-17(30-20-21-18(22-24(19)20)15-5-4-12-29-15)16(23-10-2-1-3-11-23)13-6-8-14(9-7-13)25(27)28/h4-9,12,16,26H,1-3,10-11H2. The predicted molar refractivity (Wildman–Crippen MR) is 111 cm³/mol. The van der Waals surface area contributed by atoms with Crippen LogP contribution in [0.15, 0.2) is 47.1 Å². The maximum Gasteiger partial charge on any atom is 0.269 e. The zero-order valence-electron chi connectivity index (χ0n) is 16.0. The first-order valence-electron chi connectivity index (χ1n) is 9.72. The monoisotopic (exact) mass is 425 g/mol. The molecule has 9 nitrogen and oxygen atoms in total. The molecule has 4 heterocycles. The number of aromatic hydroxyl groups is 1. The highest BCUT2D eigenvalue weighted by Gasteiger charge is 2.31. The molecule has 154 valence electrons. The molecule has 0 bridgehead atoms. The van der Waals surface area contributed by atoms with Crippen molar-refractivity contribution in [2.75, 3.05) is 13.1 Å². The third kappa shape index (κ3) is 3.23. The van der Waals surface area contributed by atoms with E-state index in [-0.39, 0.29) is 17.6 Å². The van der Waals surface area contributed by atoms with Crippen LogP contribution in [-0.4, -0.2) is 42.6 Å². The lowest BCUT2D eigenvalue weighted by Gasteiger charge is -2.34. The van der Waals surface area contributed by atoms with Gasteiger partial charge in [0.15, 0.2) is 5.76 Å². The Balaban J connectivity index is 1.58. The molecular weight excluding hydrogens is 406 g/mol. The molecule has 30 heavy (non-hydrogen) atoms. The minimum absolute atomic E-state index is 0.0363. The topological polar surface area (TPSA) is 110 Å². The fraction of sp³-hybridized carbons (Fsp3) is 0.300. The van der Waals surface area contributed by atoms with Crippen molar-refractivity contribution >= 4 is 22.0 Å². The molecule has 1 N–H and O–H groups in total. The highest BCUT2D eigenvalue weighted by molar-refractivity contribution is 7.17. The second kappa shape index (κ2) is 7.54. The van der Waals surface area contributed by atoms with Crippen LogP contribution in [0.4, 0.5) is 5.69 Å². The van der Waals surface area contributed by atoms with E-state index in [4.69, 9.17) is 4.42 Å². The minimum Gasteiger partial charge on any atom is -0.492 e. The van der Waals surface area contributed by atoms with Crippen molar-refractivity contribution in [1.29, 1.82) is 0 Å². The Kier molecular flexibility index (Phi) is 4.72. The second-order valence-electron chi connectivity index (χ2n) is 7.24. The highest BCUT2D eigenvalue weighted by Crippen LogP contribution is 2.41. The SMILES string of the molecule is O=[N+]([O-])c1ccc(C(c2sc3nc(-c4ccco4)nn3c2O)N2CCCCC2)cc1. The summed E-state index contributed by atoms with van der Waals surface area (Å²) in [5.41, 5.74) is 0.944. The summed E-state index contributed by atoms with van der Waals surface area (Å²) in [5, 5.41) is 26.5. The van der Waals surface area contributed by atoms with Crippen LogP contribution in [0.2, 0.25) is 0 Å². The van der Waals surface area contributed by atoms with Gasteiger partial charge in [0.25, 0.3) is 5.69 Å². The van der Waals surface area contributed by atoms with Crippen LogP contribution in [-0.2, 0) is 0 Å². The third-order valence-corrected chi connectivity index (χ3v) is 6.44. The summed E-state index contributed by atoms with van der Waals surface area (Å²) < 4.78 is 6.78. The quantitative estimate of drug-likeness (QED) is 0.376. The Morgan fingerprint density at radius 2 is 1.93 bits per heavy atom. The number of likely N-dealkylation sites (tertiary alicyclic amines) is 1. The number of piperidine rings is 1. The maximum atomic E-state index is 11.0. The number of benzene rings is 1. The molecule has 1 unspecified atom stereocenters. The number of furan rings is 1. The van der Waals surface area contributed by atoms with Crippen molar-refractivity contribution in [2.24, 2.45) is 0 Å². The maximum absolute atomic E-state index is 11.0. The average Bonchev–Trinajstić information content (AvgIpc) is 3.49. The first kappa shape index (κ1) is 18.8. The number of fused-ring (bicyclic) bond motifs is 1. The summed E-state index contributed by atoms with van der Waals surface area (Å²) in [5.74, 6) is 0.988. The number of nitrogens with zero attached hydrogens (tertiary/aromatic N) is 5. The van der Waals surface area contributed by atoms with Crippen molar-refractivity contribution in [3.8, 4) is 17.5 Å². The fourth-order valence-electron chi connectivity index (χ4n) is 3.92. The van der Waals surface area contributed by atoms with Gasteiger partial charge in [-0.25, -0.2) is 0 Å². The van der Waals surface area contributed by atoms with Crippen LogP contribution in [0, 0.1) is 10.1 Å². The zero-order valence-corrected chi connectivity index (χ0v) is 16.8. The molecule has 0 amide bonds. The van der Waals surface area contributed by atoms with Crippen LogP contribution < -0.4 is 0 Å². The van der Waals surface area contributed by atoms with Gasteiger partial charge < -0.3 is 9.52 Å². The highest BCUT2D eigenvalue weighted by atomic mass is 32.1. The van der Waals surface area contributed by atoms with Gasteiger partial charge in [-0.2, -0.15) is 9.50 Å². The largest absolute Gasteiger partial charge is 0.492 e. The normalized spacial score (nSPS) is 16.1. The third-order valence-electron chi connectivity index (χ3n) is 5.37. The van der Waals surface area contributed by atoms with Crippen molar-refractivity contribution in [3.05, 3.63) is 63.2 Å². The Bertz CT molecular complexity index is 1180. The van der Waals surface area contributed by atoms with Gasteiger partial charge in [-0.05, 0) is 43.6 Å². The predicted octanol–water partition coefficient (Wildman–Crippen LogP) is 4.24. The van der Waals surface area contributed by atoms with Crippen LogP contribution in [0.3, 0.4) is 0 Å². The number of non-ortho nitro benzene ring substituents is 1. The van der Waals surface area contributed by atoms with E-state index in [1.54, 1.807) is 30.5 Å². The van der Waals surface area contributed by atoms with Crippen LogP contribution in [0.5, 0.6) is 5.88 Å². The number of nitro benzene ring substituents is 1. The number of hydrogen-bond donors (Lipinski definition) is 1. The van der Waals surface area contributed by atoms with Gasteiger partial charge in [-0.3, -0.25) is 15.0 Å². The van der Waals surface area contributed by atoms with Gasteiger partial charge in [0.2, 0.25) is 16.7 Å². The molecule has 1 aromatic carbocycles. The number of thiazole rings is 1. The van der Waals surface area contributed by atoms with Crippen LogP contribution in [0.1, 0.15) is 35.7 Å². The molecule has 0 aliphatic carbocycles. The van der Waals surface area contributed by atoms with E-state index in [1.165, 1.54) is 34.4 Å². The molecule has 1 aliphatic rings. The van der Waals surface area contributed by atoms with Gasteiger partial charge in [0.1, 0.15) is 0 Å². The van der Waals surface area contributed by atoms with E-state index in [1.807, 2.05) is 0 Å². The zero-order chi connectivity index (χ0) is 20.7. The van der Waals surface area contributed by atoms with E-state index in [2.05, 4.69) is 15.0 Å². The van der Waals surface area contributed by atoms with E-state index in [0.717, 1.165) is 36.4 Å². The summed E-state index contributed by atoms with van der Waals surface area (Å²) in [6.07, 6.45) is 4.88. The molecule has 0 spiro atoms. The van der Waals surface area contributed by atoms with E-state index < -0.39 is 4.92 Å². The van der Waals surface area contributed by atoms with Crippen molar-refractivity contribution in [3.63, 3.8) is 0 Å².